The summed E-state index contributed by atoms with van der Waals surface area (Å²) in [5.41, 5.74) is 1.58. The summed E-state index contributed by atoms with van der Waals surface area (Å²) in [7, 11) is 1.90. The number of hydrogen-bond acceptors (Lipinski definition) is 6. The van der Waals surface area contributed by atoms with Crippen LogP contribution in [0.15, 0.2) is 40.7 Å². The van der Waals surface area contributed by atoms with E-state index in [4.69, 9.17) is 16.3 Å². The number of benzene rings is 1. The molecule has 0 bridgehead atoms. The Morgan fingerprint density at radius 1 is 1.30 bits per heavy atom. The topological polar surface area (TPSA) is 98.1 Å². The molecule has 1 aromatic heterocycles. The summed E-state index contributed by atoms with van der Waals surface area (Å²) in [6, 6.07) is 5.96. The molecule has 2 amide bonds. The van der Waals surface area contributed by atoms with Gasteiger partial charge in [0.15, 0.2) is 5.16 Å². The molecule has 0 fully saturated rings. The number of hydrogen-bond donors (Lipinski definition) is 2. The van der Waals surface area contributed by atoms with E-state index in [0.717, 1.165) is 11.4 Å². The quantitative estimate of drug-likeness (QED) is 0.495. The first kappa shape index (κ1) is 22.2. The van der Waals surface area contributed by atoms with Gasteiger partial charge in [0.2, 0.25) is 0 Å². The van der Waals surface area contributed by atoms with Crippen molar-refractivity contribution in [3.63, 3.8) is 0 Å². The molecule has 1 atom stereocenters. The average Bonchev–Trinajstić information content (AvgIpc) is 3.07. The van der Waals surface area contributed by atoms with E-state index < -0.39 is 12.0 Å². The van der Waals surface area contributed by atoms with Crippen LogP contribution >= 0.6 is 23.4 Å². The molecule has 0 radical (unpaired) electrons. The van der Waals surface area contributed by atoms with Crippen LogP contribution in [0.2, 0.25) is 5.02 Å². The molecule has 2 heterocycles. The first-order valence-corrected chi connectivity index (χ1v) is 10.9. The number of amides is 2. The molecule has 0 saturated heterocycles. The summed E-state index contributed by atoms with van der Waals surface area (Å²) < 4.78 is 7.19. The van der Waals surface area contributed by atoms with E-state index in [1.807, 2.05) is 25.5 Å². The largest absolute Gasteiger partial charge is 0.463 e. The number of nitrogens with one attached hydrogen (secondary N) is 2. The maximum atomic E-state index is 12.8. The predicted octanol–water partition coefficient (Wildman–Crippen LogP) is 3.56. The predicted molar refractivity (Wildman–Crippen MR) is 115 cm³/mol. The highest BCUT2D eigenvalue weighted by Gasteiger charge is 2.33. The van der Waals surface area contributed by atoms with E-state index in [-0.39, 0.29) is 18.6 Å². The Kier molecular flexibility index (Phi) is 7.04. The fraction of sp³-hybridized carbons (Fsp3) is 0.400. The van der Waals surface area contributed by atoms with E-state index in [0.29, 0.717) is 27.2 Å². The number of carbonyl (C=O) groups excluding carboxylic acids is 2. The molecule has 2 N–H and O–H groups in total. The van der Waals surface area contributed by atoms with Gasteiger partial charge < -0.3 is 19.9 Å². The maximum Gasteiger partial charge on any atom is 0.338 e. The normalized spacial score (nSPS) is 16.5. The molecule has 0 spiro atoms. The second-order valence-electron chi connectivity index (χ2n) is 7.04. The Labute approximate surface area is 184 Å². The van der Waals surface area contributed by atoms with Crippen molar-refractivity contribution >= 4 is 35.4 Å². The number of urea groups is 1. The van der Waals surface area contributed by atoms with Crippen LogP contribution in [0.3, 0.4) is 0 Å². The van der Waals surface area contributed by atoms with Crippen molar-refractivity contribution in [2.24, 2.45) is 7.05 Å². The molecule has 8 nitrogen and oxygen atoms in total. The maximum absolute atomic E-state index is 12.8. The highest BCUT2D eigenvalue weighted by Crippen LogP contribution is 2.31. The summed E-state index contributed by atoms with van der Waals surface area (Å²) in [6.07, 6.45) is 0. The molecule has 1 aromatic carbocycles. The fourth-order valence-electron chi connectivity index (χ4n) is 3.18. The number of nitrogens with zero attached hydrogens (tertiary/aromatic N) is 3. The zero-order chi connectivity index (χ0) is 21.8. The molecule has 1 aliphatic heterocycles. The zero-order valence-electron chi connectivity index (χ0n) is 17.2. The van der Waals surface area contributed by atoms with Gasteiger partial charge in [0.1, 0.15) is 5.82 Å². The summed E-state index contributed by atoms with van der Waals surface area (Å²) in [4.78, 5) is 25.1. The Morgan fingerprint density at radius 3 is 2.60 bits per heavy atom. The number of ether oxygens (including phenoxy) is 1. The standard InChI is InChI=1S/C20H24ClN5O3S/c1-5-29-18(27)15-14(10-30-20-25-24-17(11(2)3)26(20)4)22-19(28)23-16(15)12-6-8-13(21)9-7-12/h6-9,11,16H,5,10H2,1-4H3,(H2,22,23,28). The Balaban J connectivity index is 1.95. The van der Waals surface area contributed by atoms with Crippen LogP contribution in [0.4, 0.5) is 4.79 Å². The molecule has 3 rings (SSSR count). The van der Waals surface area contributed by atoms with Gasteiger partial charge in [0.05, 0.1) is 18.2 Å². The molecule has 160 valence electrons. The number of aromatic nitrogens is 3. The lowest BCUT2D eigenvalue weighted by molar-refractivity contribution is -0.139. The number of thioether (sulfide) groups is 1. The van der Waals surface area contributed by atoms with Crippen LogP contribution in [-0.2, 0) is 16.6 Å². The third-order valence-electron chi connectivity index (χ3n) is 4.58. The first-order valence-electron chi connectivity index (χ1n) is 9.57. The third kappa shape index (κ3) is 4.79. The van der Waals surface area contributed by atoms with Gasteiger partial charge in [-0.05, 0) is 24.6 Å². The monoisotopic (exact) mass is 449 g/mol. The van der Waals surface area contributed by atoms with Crippen LogP contribution < -0.4 is 10.6 Å². The van der Waals surface area contributed by atoms with Crippen LogP contribution in [0.1, 0.15) is 44.1 Å². The Bertz CT molecular complexity index is 971. The van der Waals surface area contributed by atoms with E-state index >= 15 is 0 Å². The van der Waals surface area contributed by atoms with Crippen molar-refractivity contribution < 1.29 is 14.3 Å². The van der Waals surface area contributed by atoms with Crippen LogP contribution in [0.25, 0.3) is 0 Å². The minimum atomic E-state index is -0.642. The van der Waals surface area contributed by atoms with Crippen molar-refractivity contribution in [3.05, 3.63) is 51.9 Å². The number of rotatable bonds is 7. The first-order chi connectivity index (χ1) is 14.3. The van der Waals surface area contributed by atoms with E-state index in [2.05, 4.69) is 20.8 Å². The lowest BCUT2D eigenvalue weighted by Crippen LogP contribution is -2.46. The molecular weight excluding hydrogens is 426 g/mol. The van der Waals surface area contributed by atoms with Gasteiger partial charge >= 0.3 is 12.0 Å². The zero-order valence-corrected chi connectivity index (χ0v) is 18.8. The molecule has 0 aliphatic carbocycles. The highest BCUT2D eigenvalue weighted by atomic mass is 35.5. The summed E-state index contributed by atoms with van der Waals surface area (Å²) in [6.45, 7) is 6.06. The SMILES string of the molecule is CCOC(=O)C1=C(CSc2nnc(C(C)C)n2C)NC(=O)NC1c1ccc(Cl)cc1. The molecule has 1 aliphatic rings. The second-order valence-corrected chi connectivity index (χ2v) is 8.42. The van der Waals surface area contributed by atoms with E-state index in [1.54, 1.807) is 31.2 Å². The second kappa shape index (κ2) is 9.53. The van der Waals surface area contributed by atoms with Crippen molar-refractivity contribution in [2.75, 3.05) is 12.4 Å². The van der Waals surface area contributed by atoms with Gasteiger partial charge in [-0.3, -0.25) is 0 Å². The molecule has 10 heteroatoms. The summed E-state index contributed by atoms with van der Waals surface area (Å²) in [5, 5.41) is 15.3. The van der Waals surface area contributed by atoms with Crippen LogP contribution in [0.5, 0.6) is 0 Å². The Hall–Kier alpha value is -2.52. The van der Waals surface area contributed by atoms with Crippen LogP contribution in [0, 0.1) is 0 Å². The summed E-state index contributed by atoms with van der Waals surface area (Å²) in [5.74, 6) is 0.946. The van der Waals surface area contributed by atoms with Gasteiger partial charge in [0.25, 0.3) is 0 Å². The average molecular weight is 450 g/mol. The third-order valence-corrected chi connectivity index (χ3v) is 5.88. The molecular formula is C20H24ClN5O3S. The smallest absolute Gasteiger partial charge is 0.338 e. The molecule has 0 saturated carbocycles. The lowest BCUT2D eigenvalue weighted by atomic mass is 9.95. The van der Waals surface area contributed by atoms with Crippen LogP contribution in [-0.4, -0.2) is 39.1 Å². The lowest BCUT2D eigenvalue weighted by Gasteiger charge is -2.29. The van der Waals surface area contributed by atoms with Gasteiger partial charge in [-0.25, -0.2) is 9.59 Å². The summed E-state index contributed by atoms with van der Waals surface area (Å²) >= 11 is 7.38. The molecule has 30 heavy (non-hydrogen) atoms. The van der Waals surface area contributed by atoms with Crippen molar-refractivity contribution in [1.29, 1.82) is 0 Å². The van der Waals surface area contributed by atoms with E-state index in [9.17, 15) is 9.59 Å². The van der Waals surface area contributed by atoms with Crippen molar-refractivity contribution in [3.8, 4) is 0 Å². The van der Waals surface area contributed by atoms with Crippen molar-refractivity contribution in [1.82, 2.24) is 25.4 Å². The number of esters is 1. The Morgan fingerprint density at radius 2 is 2.00 bits per heavy atom. The molecule has 2 aromatic rings. The van der Waals surface area contributed by atoms with Gasteiger partial charge in [0, 0.05) is 29.4 Å². The van der Waals surface area contributed by atoms with Crippen molar-refractivity contribution in [2.45, 2.75) is 37.9 Å². The number of carbonyl (C=O) groups is 2. The van der Waals surface area contributed by atoms with Gasteiger partial charge in [-0.15, -0.1) is 10.2 Å². The highest BCUT2D eigenvalue weighted by molar-refractivity contribution is 7.99. The minimum absolute atomic E-state index is 0.227. The van der Waals surface area contributed by atoms with E-state index in [1.165, 1.54) is 11.8 Å². The molecule has 1 unspecified atom stereocenters. The fourth-order valence-corrected chi connectivity index (χ4v) is 4.19. The minimum Gasteiger partial charge on any atom is -0.463 e. The van der Waals surface area contributed by atoms with Gasteiger partial charge in [-0.2, -0.15) is 0 Å². The number of halogens is 1. The van der Waals surface area contributed by atoms with Gasteiger partial charge in [-0.1, -0.05) is 49.3 Å².